The standard InChI is InChI=1S/C28H31F3O/c1-2-3-19-4-6-20(7-5-19)8-9-21-10-16-26-23(18-21)13-17-25(27(26)29)22-11-14-24(15-12-22)32-28(30)31/h10-20,28H,2-9H2,1H3/t19-,20-. The van der Waals surface area contributed by atoms with Gasteiger partial charge in [-0.05, 0) is 53.3 Å². The van der Waals surface area contributed by atoms with E-state index >= 15 is 4.39 Å². The lowest BCUT2D eigenvalue weighted by atomic mass is 9.78. The molecule has 0 bridgehead atoms. The van der Waals surface area contributed by atoms with Gasteiger partial charge in [-0.15, -0.1) is 0 Å². The minimum atomic E-state index is -2.87. The predicted molar refractivity (Wildman–Crippen MR) is 125 cm³/mol. The molecule has 0 aliphatic heterocycles. The summed E-state index contributed by atoms with van der Waals surface area (Å²) < 4.78 is 44.3. The van der Waals surface area contributed by atoms with E-state index in [2.05, 4.69) is 17.7 Å². The molecule has 0 spiro atoms. The van der Waals surface area contributed by atoms with Crippen LogP contribution in [0.25, 0.3) is 21.9 Å². The molecule has 1 saturated carbocycles. The molecule has 0 N–H and O–H groups in total. The van der Waals surface area contributed by atoms with Gasteiger partial charge in [0.25, 0.3) is 0 Å². The van der Waals surface area contributed by atoms with E-state index in [1.165, 1.54) is 62.6 Å². The minimum Gasteiger partial charge on any atom is -0.435 e. The van der Waals surface area contributed by atoms with Crippen molar-refractivity contribution in [2.24, 2.45) is 11.8 Å². The summed E-state index contributed by atoms with van der Waals surface area (Å²) in [6.45, 7) is -0.595. The molecule has 0 atom stereocenters. The number of fused-ring (bicyclic) bond motifs is 1. The first-order valence-electron chi connectivity index (χ1n) is 11.8. The number of hydrogen-bond donors (Lipinski definition) is 0. The first-order valence-corrected chi connectivity index (χ1v) is 11.8. The van der Waals surface area contributed by atoms with E-state index in [1.807, 2.05) is 18.2 Å². The van der Waals surface area contributed by atoms with Gasteiger partial charge in [0.05, 0.1) is 0 Å². The van der Waals surface area contributed by atoms with Crippen LogP contribution in [0.2, 0.25) is 0 Å². The van der Waals surface area contributed by atoms with Gasteiger partial charge in [-0.3, -0.25) is 0 Å². The zero-order valence-corrected chi connectivity index (χ0v) is 18.6. The summed E-state index contributed by atoms with van der Waals surface area (Å²) in [5.74, 6) is 1.52. The van der Waals surface area contributed by atoms with Crippen molar-refractivity contribution in [1.82, 2.24) is 0 Å². The molecule has 1 aliphatic carbocycles. The average Bonchev–Trinajstić information content (AvgIpc) is 2.79. The van der Waals surface area contributed by atoms with E-state index in [0.717, 1.165) is 23.6 Å². The second-order valence-corrected chi connectivity index (χ2v) is 9.10. The Labute approximate surface area is 188 Å². The fraction of sp³-hybridized carbons (Fsp3) is 0.429. The molecule has 0 saturated heterocycles. The second-order valence-electron chi connectivity index (χ2n) is 9.10. The summed E-state index contributed by atoms with van der Waals surface area (Å²) in [7, 11) is 0. The highest BCUT2D eigenvalue weighted by Crippen LogP contribution is 2.35. The van der Waals surface area contributed by atoms with Gasteiger partial charge in [0, 0.05) is 10.9 Å². The Balaban J connectivity index is 1.43. The number of aryl methyl sites for hydroxylation is 1. The molecule has 3 aromatic carbocycles. The normalized spacial score (nSPS) is 18.9. The Hall–Kier alpha value is -2.49. The van der Waals surface area contributed by atoms with Crippen molar-refractivity contribution in [1.29, 1.82) is 0 Å². The van der Waals surface area contributed by atoms with Crippen molar-refractivity contribution >= 4 is 10.8 Å². The quantitative estimate of drug-likeness (QED) is 0.340. The van der Waals surface area contributed by atoms with Gasteiger partial charge in [0.2, 0.25) is 0 Å². The molecule has 4 rings (SSSR count). The number of ether oxygens (including phenoxy) is 1. The second kappa shape index (κ2) is 10.4. The van der Waals surface area contributed by atoms with Gasteiger partial charge in [0.15, 0.2) is 0 Å². The number of halogens is 3. The fourth-order valence-electron chi connectivity index (χ4n) is 5.12. The van der Waals surface area contributed by atoms with Crippen LogP contribution in [-0.4, -0.2) is 6.61 Å². The average molecular weight is 441 g/mol. The SMILES string of the molecule is CCC[C@H]1CC[C@H](CCc2ccc3c(F)c(-c4ccc(OC(F)F)cc4)ccc3c2)CC1. The Morgan fingerprint density at radius 2 is 1.56 bits per heavy atom. The minimum absolute atomic E-state index is 0.0634. The zero-order valence-electron chi connectivity index (χ0n) is 18.6. The highest BCUT2D eigenvalue weighted by Gasteiger charge is 2.20. The van der Waals surface area contributed by atoms with E-state index in [9.17, 15) is 8.78 Å². The third-order valence-corrected chi connectivity index (χ3v) is 6.91. The summed E-state index contributed by atoms with van der Waals surface area (Å²) in [4.78, 5) is 0. The zero-order chi connectivity index (χ0) is 22.5. The molecular formula is C28H31F3O. The van der Waals surface area contributed by atoms with E-state index in [4.69, 9.17) is 0 Å². The van der Waals surface area contributed by atoms with Crippen molar-refractivity contribution in [2.45, 2.75) is 64.9 Å². The molecule has 1 fully saturated rings. The lowest BCUT2D eigenvalue weighted by Gasteiger charge is -2.28. The third kappa shape index (κ3) is 5.46. The monoisotopic (exact) mass is 440 g/mol. The summed E-state index contributed by atoms with van der Waals surface area (Å²) in [5, 5.41) is 1.48. The predicted octanol–water partition coefficient (Wildman–Crippen LogP) is 8.79. The van der Waals surface area contributed by atoms with Gasteiger partial charge in [0.1, 0.15) is 11.6 Å². The molecule has 1 nitrogen and oxygen atoms in total. The molecule has 0 radical (unpaired) electrons. The highest BCUT2D eigenvalue weighted by molar-refractivity contribution is 5.88. The summed E-state index contributed by atoms with van der Waals surface area (Å²) in [5.41, 5.74) is 2.35. The van der Waals surface area contributed by atoms with Gasteiger partial charge in [-0.1, -0.05) is 87.9 Å². The van der Waals surface area contributed by atoms with Crippen molar-refractivity contribution in [3.63, 3.8) is 0 Å². The Morgan fingerprint density at radius 3 is 2.22 bits per heavy atom. The number of hydrogen-bond acceptors (Lipinski definition) is 1. The van der Waals surface area contributed by atoms with Crippen molar-refractivity contribution < 1.29 is 17.9 Å². The topological polar surface area (TPSA) is 9.23 Å². The first kappa shape index (κ1) is 22.7. The van der Waals surface area contributed by atoms with Crippen LogP contribution in [0.15, 0.2) is 54.6 Å². The van der Waals surface area contributed by atoms with Crippen LogP contribution in [0.5, 0.6) is 5.75 Å². The van der Waals surface area contributed by atoms with Gasteiger partial charge in [-0.25, -0.2) is 4.39 Å². The number of benzene rings is 3. The van der Waals surface area contributed by atoms with E-state index < -0.39 is 6.61 Å². The van der Waals surface area contributed by atoms with Gasteiger partial charge in [-0.2, -0.15) is 8.78 Å². The Bertz CT molecular complexity index is 1020. The van der Waals surface area contributed by atoms with Gasteiger partial charge >= 0.3 is 6.61 Å². The van der Waals surface area contributed by atoms with Crippen molar-refractivity contribution in [3.05, 3.63) is 66.0 Å². The Kier molecular flexibility index (Phi) is 7.39. The lowest BCUT2D eigenvalue weighted by Crippen LogP contribution is -2.15. The molecular weight excluding hydrogens is 409 g/mol. The van der Waals surface area contributed by atoms with Crippen molar-refractivity contribution in [3.8, 4) is 16.9 Å². The largest absolute Gasteiger partial charge is 0.435 e. The molecule has 0 heterocycles. The number of alkyl halides is 2. The number of rotatable bonds is 8. The first-order chi connectivity index (χ1) is 15.5. The molecule has 4 heteroatoms. The van der Waals surface area contributed by atoms with Crippen LogP contribution in [-0.2, 0) is 6.42 Å². The van der Waals surface area contributed by atoms with Crippen LogP contribution in [0.3, 0.4) is 0 Å². The molecule has 32 heavy (non-hydrogen) atoms. The molecule has 170 valence electrons. The molecule has 1 aliphatic rings. The van der Waals surface area contributed by atoms with Crippen molar-refractivity contribution in [2.75, 3.05) is 0 Å². The van der Waals surface area contributed by atoms with E-state index in [1.54, 1.807) is 18.2 Å². The summed E-state index contributed by atoms with van der Waals surface area (Å²) >= 11 is 0. The maximum absolute atomic E-state index is 15.2. The maximum Gasteiger partial charge on any atom is 0.387 e. The van der Waals surface area contributed by atoms with Crippen LogP contribution in [0.4, 0.5) is 13.2 Å². The smallest absolute Gasteiger partial charge is 0.387 e. The van der Waals surface area contributed by atoms with Crippen LogP contribution in [0.1, 0.15) is 57.4 Å². The molecule has 3 aromatic rings. The van der Waals surface area contributed by atoms with Gasteiger partial charge < -0.3 is 4.74 Å². The lowest BCUT2D eigenvalue weighted by molar-refractivity contribution is -0.0498. The molecule has 0 amide bonds. The molecule has 0 unspecified atom stereocenters. The molecule has 0 aromatic heterocycles. The summed E-state index contributed by atoms with van der Waals surface area (Å²) in [6.07, 6.45) is 10.3. The van der Waals surface area contributed by atoms with E-state index in [-0.39, 0.29) is 11.6 Å². The van der Waals surface area contributed by atoms with Crippen LogP contribution >= 0.6 is 0 Å². The highest BCUT2D eigenvalue weighted by atomic mass is 19.3. The van der Waals surface area contributed by atoms with Crippen LogP contribution in [0, 0.1) is 17.7 Å². The third-order valence-electron chi connectivity index (χ3n) is 6.91. The maximum atomic E-state index is 15.2. The Morgan fingerprint density at radius 1 is 0.875 bits per heavy atom. The summed E-state index contributed by atoms with van der Waals surface area (Å²) in [6, 6.07) is 15.8. The van der Waals surface area contributed by atoms with Crippen LogP contribution < -0.4 is 4.74 Å². The fourth-order valence-corrected chi connectivity index (χ4v) is 5.12. The van der Waals surface area contributed by atoms with E-state index in [0.29, 0.717) is 16.5 Å².